The van der Waals surface area contributed by atoms with E-state index in [1.54, 1.807) is 66.1 Å². The molecule has 1 saturated heterocycles. The molecular weight excluding hydrogens is 607 g/mol. The molecule has 2 aromatic heterocycles. The summed E-state index contributed by atoms with van der Waals surface area (Å²) >= 11 is 3.11. The highest BCUT2D eigenvalue weighted by atomic mass is 32.1. The monoisotopic (exact) mass is 633 g/mol. The molecule has 2 atom stereocenters. The minimum absolute atomic E-state index is 0.344. The Labute approximate surface area is 268 Å². The van der Waals surface area contributed by atoms with Crippen molar-refractivity contribution in [3.63, 3.8) is 0 Å². The maximum Gasteiger partial charge on any atom is 0.368 e. The lowest BCUT2D eigenvalue weighted by atomic mass is 10.1. The number of nitrogens with zero attached hydrogens (tertiary/aromatic N) is 3. The summed E-state index contributed by atoms with van der Waals surface area (Å²) in [5, 5.41) is 7.27. The average molecular weight is 634 g/mol. The standard InChI is InChI=1S/C35H27N3O5S2/c1-38-35(43-38,26-12-14-27(15-13-26)40-20-32-36-30(22-44-32)24-8-4-2-5-9-24)34(39)42-29-18-16-28(17-19-29)41-21-33-37-31(23-45-33)25-10-6-3-7-11-25/h2-19,22-23H,20-21H2,1H3. The van der Waals surface area contributed by atoms with Crippen molar-refractivity contribution in [1.29, 1.82) is 0 Å². The van der Waals surface area contributed by atoms with Gasteiger partial charge in [0.05, 0.1) is 11.4 Å². The highest BCUT2D eigenvalue weighted by molar-refractivity contribution is 7.10. The van der Waals surface area contributed by atoms with Crippen LogP contribution in [0.2, 0.25) is 0 Å². The van der Waals surface area contributed by atoms with Crippen molar-refractivity contribution in [2.24, 2.45) is 0 Å². The van der Waals surface area contributed by atoms with Gasteiger partial charge in [0.1, 0.15) is 40.5 Å². The van der Waals surface area contributed by atoms with Gasteiger partial charge in [0.2, 0.25) is 0 Å². The zero-order valence-electron chi connectivity index (χ0n) is 24.2. The number of hydrogen-bond donors (Lipinski definition) is 0. The van der Waals surface area contributed by atoms with Gasteiger partial charge in [-0.15, -0.1) is 27.7 Å². The molecule has 1 fully saturated rings. The lowest BCUT2D eigenvalue weighted by molar-refractivity contribution is -0.141. The molecule has 7 rings (SSSR count). The van der Waals surface area contributed by atoms with Crippen LogP contribution in [0.5, 0.6) is 17.2 Å². The minimum Gasteiger partial charge on any atom is -0.486 e. The van der Waals surface area contributed by atoms with Crippen molar-refractivity contribution in [3.8, 4) is 39.8 Å². The van der Waals surface area contributed by atoms with Crippen molar-refractivity contribution in [2.75, 3.05) is 7.05 Å². The van der Waals surface area contributed by atoms with Gasteiger partial charge >= 0.3 is 5.97 Å². The Morgan fingerprint density at radius 3 is 1.60 bits per heavy atom. The lowest BCUT2D eigenvalue weighted by Crippen LogP contribution is -2.30. The zero-order chi connectivity index (χ0) is 30.6. The van der Waals surface area contributed by atoms with Crippen molar-refractivity contribution >= 4 is 28.6 Å². The quantitative estimate of drug-likeness (QED) is 0.0814. The van der Waals surface area contributed by atoms with Crippen molar-refractivity contribution in [2.45, 2.75) is 18.9 Å². The number of esters is 1. The van der Waals surface area contributed by atoms with Crippen LogP contribution < -0.4 is 14.2 Å². The molecule has 3 heterocycles. The van der Waals surface area contributed by atoms with Gasteiger partial charge in [-0.1, -0.05) is 72.8 Å². The second-order valence-corrected chi connectivity index (χ2v) is 12.1. The molecule has 8 nitrogen and oxygen atoms in total. The predicted molar refractivity (Wildman–Crippen MR) is 173 cm³/mol. The summed E-state index contributed by atoms with van der Waals surface area (Å²) in [4.78, 5) is 28.3. The molecule has 45 heavy (non-hydrogen) atoms. The van der Waals surface area contributed by atoms with Gasteiger partial charge in [-0.25, -0.2) is 14.8 Å². The Balaban J connectivity index is 0.932. The molecule has 1 aliphatic rings. The highest BCUT2D eigenvalue weighted by Gasteiger charge is 2.62. The van der Waals surface area contributed by atoms with Crippen LogP contribution in [0.4, 0.5) is 0 Å². The number of ether oxygens (including phenoxy) is 3. The van der Waals surface area contributed by atoms with Gasteiger partial charge in [0.25, 0.3) is 5.72 Å². The smallest absolute Gasteiger partial charge is 0.368 e. The number of benzene rings is 4. The molecule has 0 saturated carbocycles. The Kier molecular flexibility index (Phi) is 8.10. The van der Waals surface area contributed by atoms with Crippen molar-refractivity contribution in [3.05, 3.63) is 136 Å². The summed E-state index contributed by atoms with van der Waals surface area (Å²) < 4.78 is 17.6. The Hall–Kier alpha value is -4.87. The van der Waals surface area contributed by atoms with E-state index in [4.69, 9.17) is 19.0 Å². The Morgan fingerprint density at radius 2 is 1.13 bits per heavy atom. The van der Waals surface area contributed by atoms with Crippen LogP contribution in [0.15, 0.2) is 120 Å². The third kappa shape index (κ3) is 6.36. The maximum absolute atomic E-state index is 13.3. The van der Waals surface area contributed by atoms with Gasteiger partial charge in [-0.05, 0) is 36.4 Å². The molecular formula is C35H27N3O5S2. The lowest BCUT2D eigenvalue weighted by Gasteiger charge is -2.13. The van der Waals surface area contributed by atoms with Gasteiger partial charge < -0.3 is 14.2 Å². The van der Waals surface area contributed by atoms with Crippen LogP contribution in [0, 0.1) is 0 Å². The van der Waals surface area contributed by atoms with E-state index < -0.39 is 11.7 Å². The molecule has 0 bridgehead atoms. The minimum atomic E-state index is -1.32. The molecule has 0 spiro atoms. The topological polar surface area (TPSA) is 86.1 Å². The summed E-state index contributed by atoms with van der Waals surface area (Å²) in [6.45, 7) is 0.690. The molecule has 2 unspecified atom stereocenters. The predicted octanol–water partition coefficient (Wildman–Crippen LogP) is 7.73. The van der Waals surface area contributed by atoms with E-state index in [0.717, 1.165) is 32.5 Å². The van der Waals surface area contributed by atoms with E-state index in [9.17, 15) is 4.79 Å². The second-order valence-electron chi connectivity index (χ2n) is 10.2. The molecule has 0 radical (unpaired) electrons. The molecule has 1 aliphatic heterocycles. The third-order valence-electron chi connectivity index (χ3n) is 7.20. The second kappa shape index (κ2) is 12.6. The van der Waals surface area contributed by atoms with Gasteiger partial charge in [-0.3, -0.25) is 4.84 Å². The van der Waals surface area contributed by atoms with Gasteiger partial charge in [-0.2, -0.15) is 0 Å². The fraction of sp³-hybridized carbons (Fsp3) is 0.114. The van der Waals surface area contributed by atoms with Gasteiger partial charge in [0, 0.05) is 34.5 Å². The van der Waals surface area contributed by atoms with Crippen LogP contribution in [-0.4, -0.2) is 28.0 Å². The number of aromatic nitrogens is 2. The van der Waals surface area contributed by atoms with E-state index in [1.165, 1.54) is 5.06 Å². The fourth-order valence-corrected chi connectivity index (χ4v) is 6.21. The first-order chi connectivity index (χ1) is 22.1. The normalized spacial score (nSPS) is 17.0. The number of hydroxylamine groups is 2. The van der Waals surface area contributed by atoms with E-state index in [2.05, 4.69) is 9.97 Å². The molecule has 4 aromatic carbocycles. The van der Waals surface area contributed by atoms with Gasteiger partial charge in [0.15, 0.2) is 0 Å². The van der Waals surface area contributed by atoms with Crippen LogP contribution in [0.25, 0.3) is 22.5 Å². The molecule has 0 amide bonds. The number of hydrogen-bond acceptors (Lipinski definition) is 10. The fourth-order valence-electron chi connectivity index (χ4n) is 4.78. The largest absolute Gasteiger partial charge is 0.486 e. The first-order valence-corrected chi connectivity index (χ1v) is 15.9. The van der Waals surface area contributed by atoms with E-state index in [1.807, 2.05) is 83.6 Å². The number of carbonyl (C=O) groups is 1. The van der Waals surface area contributed by atoms with E-state index in [0.29, 0.717) is 36.0 Å². The molecule has 0 N–H and O–H groups in total. The number of rotatable bonds is 11. The first-order valence-electron chi connectivity index (χ1n) is 14.2. The summed E-state index contributed by atoms with van der Waals surface area (Å²) in [6.07, 6.45) is 0. The maximum atomic E-state index is 13.3. The first kappa shape index (κ1) is 28.9. The summed E-state index contributed by atoms with van der Waals surface area (Å²) in [6, 6.07) is 34.2. The molecule has 10 heteroatoms. The number of likely N-dealkylation sites (N-methyl/N-ethyl adjacent to an activating group) is 1. The third-order valence-corrected chi connectivity index (χ3v) is 8.85. The highest BCUT2D eigenvalue weighted by Crippen LogP contribution is 2.45. The molecule has 224 valence electrons. The Morgan fingerprint density at radius 1 is 0.689 bits per heavy atom. The van der Waals surface area contributed by atoms with Crippen molar-refractivity contribution < 1.29 is 23.8 Å². The number of carbonyl (C=O) groups excluding carboxylic acids is 1. The summed E-state index contributed by atoms with van der Waals surface area (Å²) in [7, 11) is 1.69. The van der Waals surface area contributed by atoms with Crippen LogP contribution in [0.1, 0.15) is 15.6 Å². The summed E-state index contributed by atoms with van der Waals surface area (Å²) in [5.41, 5.74) is 3.32. The van der Waals surface area contributed by atoms with Crippen LogP contribution in [-0.2, 0) is 28.6 Å². The van der Waals surface area contributed by atoms with E-state index in [-0.39, 0.29) is 0 Å². The number of thiazole rings is 2. The zero-order valence-corrected chi connectivity index (χ0v) is 25.8. The summed E-state index contributed by atoms with van der Waals surface area (Å²) in [5.74, 6) is 1.14. The van der Waals surface area contributed by atoms with Crippen LogP contribution >= 0.6 is 22.7 Å². The molecule has 0 aliphatic carbocycles. The Bertz CT molecular complexity index is 1890. The SMILES string of the molecule is CN1OC1(C(=O)Oc1ccc(OCc2nc(-c3ccccc3)cs2)cc1)c1ccc(OCc2nc(-c3ccccc3)cs2)cc1. The molecule has 6 aromatic rings. The average Bonchev–Trinajstić information content (AvgIpc) is 3.40. The van der Waals surface area contributed by atoms with E-state index >= 15 is 0 Å². The van der Waals surface area contributed by atoms with Crippen LogP contribution in [0.3, 0.4) is 0 Å². The van der Waals surface area contributed by atoms with Crippen molar-refractivity contribution in [1.82, 2.24) is 15.0 Å².